The van der Waals surface area contributed by atoms with E-state index in [1.54, 1.807) is 68.7 Å². The number of ether oxygens (including phenoxy) is 4. The minimum atomic E-state index is -5.07. The summed E-state index contributed by atoms with van der Waals surface area (Å²) in [5.41, 5.74) is 0.731. The van der Waals surface area contributed by atoms with Gasteiger partial charge in [0.15, 0.2) is 5.71 Å². The predicted octanol–water partition coefficient (Wildman–Crippen LogP) is 7.09. The van der Waals surface area contributed by atoms with E-state index >= 15 is 0 Å². The predicted molar refractivity (Wildman–Crippen MR) is 301 cm³/mol. The van der Waals surface area contributed by atoms with Crippen LogP contribution in [0.3, 0.4) is 0 Å². The number of benzene rings is 4. The van der Waals surface area contributed by atoms with Gasteiger partial charge in [0.2, 0.25) is 5.69 Å². The van der Waals surface area contributed by atoms with Crippen molar-refractivity contribution in [2.24, 2.45) is 0 Å². The molecule has 0 saturated carbocycles. The number of methoxy groups -OCH3 is 1. The van der Waals surface area contributed by atoms with Crippen LogP contribution >= 0.6 is 0 Å². The molecule has 2 unspecified atom stereocenters. The Morgan fingerprint density at radius 3 is 1.65 bits per heavy atom. The molecule has 0 spiro atoms. The van der Waals surface area contributed by atoms with Crippen LogP contribution in [0.4, 0.5) is 11.4 Å². The number of carbonyl (C=O) groups is 1. The van der Waals surface area contributed by atoms with Crippen LogP contribution in [0.2, 0.25) is 0 Å². The largest absolute Gasteiger partial charge is 0.481 e. The summed E-state index contributed by atoms with van der Waals surface area (Å²) in [4.78, 5) is 10.2. The molecule has 0 fully saturated rings. The first-order chi connectivity index (χ1) is 37.9. The SMILES string of the molecule is CC[N+]1=C(/C=C/C=C/C=C/C=C2/N(CCCCCC(=O)O)c3ccc4c(S(=O)(=O)O)cc(S(=O)(=O)O)cc4c3C2(C)CCOCCOCCOCCOC)C(C)(CCCS(=O)(=O)O)c2c1ccc1c(S(=O)(=O)O)cc(S(=O)(=O)O)cc21. The Labute approximate surface area is 472 Å². The van der Waals surface area contributed by atoms with Gasteiger partial charge < -0.3 is 29.0 Å². The lowest BCUT2D eigenvalue weighted by Crippen LogP contribution is -2.32. The molecule has 0 radical (unpaired) electrons. The van der Waals surface area contributed by atoms with Gasteiger partial charge in [-0.05, 0) is 112 Å². The molecule has 2 aliphatic heterocycles. The Morgan fingerprint density at radius 2 is 1.12 bits per heavy atom. The van der Waals surface area contributed by atoms with E-state index in [2.05, 4.69) is 0 Å². The first kappa shape index (κ1) is 64.9. The highest BCUT2D eigenvalue weighted by molar-refractivity contribution is 7.87. The van der Waals surface area contributed by atoms with Gasteiger partial charge >= 0.3 is 5.97 Å². The van der Waals surface area contributed by atoms with Crippen molar-refractivity contribution >= 4 is 95.2 Å². The minimum absolute atomic E-state index is 0.0221. The number of carboxylic acids is 1. The van der Waals surface area contributed by atoms with Crippen LogP contribution in [0.25, 0.3) is 21.5 Å². The number of hydrogen-bond acceptors (Lipinski definition) is 16. The molecule has 28 heteroatoms. The van der Waals surface area contributed by atoms with Crippen molar-refractivity contribution in [3.05, 3.63) is 108 Å². The van der Waals surface area contributed by atoms with E-state index in [-0.39, 0.29) is 67.0 Å². The van der Waals surface area contributed by atoms with Crippen molar-refractivity contribution in [1.29, 1.82) is 0 Å². The molecule has 0 aliphatic carbocycles. The number of unbranched alkanes of at least 4 members (excludes halogenated alkanes) is 2. The molecule has 23 nitrogen and oxygen atoms in total. The van der Waals surface area contributed by atoms with Crippen LogP contribution in [0.1, 0.15) is 76.8 Å². The summed E-state index contributed by atoms with van der Waals surface area (Å²) in [6.45, 7) is 8.00. The highest BCUT2D eigenvalue weighted by atomic mass is 32.2. The molecule has 2 heterocycles. The number of anilines is 1. The summed E-state index contributed by atoms with van der Waals surface area (Å²) < 4.78 is 200. The molecule has 4 aromatic rings. The number of hydrogen-bond donors (Lipinski definition) is 6. The summed E-state index contributed by atoms with van der Waals surface area (Å²) in [7, 11) is -23.1. The monoisotopic (exact) mass is 1230 g/mol. The third-order valence-electron chi connectivity index (χ3n) is 14.2. The van der Waals surface area contributed by atoms with Crippen LogP contribution in [0.5, 0.6) is 0 Å². The molecule has 4 aromatic carbocycles. The second-order valence-electron chi connectivity index (χ2n) is 19.7. The highest BCUT2D eigenvalue weighted by Gasteiger charge is 2.49. The molecule has 2 atom stereocenters. The van der Waals surface area contributed by atoms with Gasteiger partial charge in [-0.1, -0.05) is 42.9 Å². The van der Waals surface area contributed by atoms with Crippen LogP contribution in [-0.2, 0) is 85.2 Å². The average Bonchev–Trinajstić information content (AvgIpc) is 3.98. The molecular weight excluding hydrogens is 1160 g/mol. The molecule has 2 aliphatic rings. The zero-order valence-electron chi connectivity index (χ0n) is 44.9. The number of fused-ring (bicyclic) bond motifs is 6. The van der Waals surface area contributed by atoms with E-state index in [1.165, 1.54) is 12.1 Å². The summed E-state index contributed by atoms with van der Waals surface area (Å²) >= 11 is 0. The zero-order chi connectivity index (χ0) is 59.8. The Balaban J connectivity index is 1.42. The summed E-state index contributed by atoms with van der Waals surface area (Å²) in [6, 6.07) is 9.59. The molecular formula is C53H67N2O21S5+. The first-order valence-corrected chi connectivity index (χ1v) is 32.9. The van der Waals surface area contributed by atoms with Crippen LogP contribution in [-0.4, -0.2) is 158 Å². The first-order valence-electron chi connectivity index (χ1n) is 25.5. The molecule has 81 heavy (non-hydrogen) atoms. The summed E-state index contributed by atoms with van der Waals surface area (Å²) in [6.07, 6.45) is 13.4. The van der Waals surface area contributed by atoms with Crippen molar-refractivity contribution < 1.29 is 98.3 Å². The van der Waals surface area contributed by atoms with Gasteiger partial charge in [0.05, 0.1) is 60.6 Å². The van der Waals surface area contributed by atoms with Crippen molar-refractivity contribution in [3.8, 4) is 0 Å². The number of rotatable bonds is 31. The van der Waals surface area contributed by atoms with Crippen LogP contribution in [0.15, 0.2) is 116 Å². The van der Waals surface area contributed by atoms with E-state index < -0.39 is 92.7 Å². The van der Waals surface area contributed by atoms with Gasteiger partial charge in [0.1, 0.15) is 16.3 Å². The Hall–Kier alpha value is -5.31. The van der Waals surface area contributed by atoms with E-state index in [0.29, 0.717) is 105 Å². The molecule has 6 N–H and O–H groups in total. The van der Waals surface area contributed by atoms with E-state index in [9.17, 15) is 74.8 Å². The topological polar surface area (TPSA) is 352 Å². The van der Waals surface area contributed by atoms with Crippen molar-refractivity contribution in [3.63, 3.8) is 0 Å². The lowest BCUT2D eigenvalue weighted by Gasteiger charge is -2.31. The van der Waals surface area contributed by atoms with Gasteiger partial charge in [-0.3, -0.25) is 27.6 Å². The van der Waals surface area contributed by atoms with Crippen molar-refractivity contribution in [2.75, 3.05) is 77.1 Å². The van der Waals surface area contributed by atoms with Crippen LogP contribution in [0, 0.1) is 0 Å². The van der Waals surface area contributed by atoms with Crippen molar-refractivity contribution in [1.82, 2.24) is 0 Å². The Kier molecular flexibility index (Phi) is 21.2. The van der Waals surface area contributed by atoms with E-state index in [0.717, 1.165) is 12.1 Å². The maximum Gasteiger partial charge on any atom is 0.303 e. The maximum absolute atomic E-state index is 12.9. The number of nitrogens with zero attached hydrogens (tertiary/aromatic N) is 2. The average molecular weight is 1230 g/mol. The standard InChI is InChI=1S/C53H66N2O21S5/c1-5-54-43-20-18-39-41(33-37(78(61,62)63)35-45(39)80(67,68)69)50(43)52(2,22-14-32-77(58,59)60)47(54)15-10-7-6-8-11-16-48-53(3,23-25-74-28-29-76-31-30-75-27-26-73-4)51-42-34-38(79(64,65)66)36-46(81(70,71)72)40(42)19-21-44(51)55(48)24-13-9-12-17-49(56)57/h6-8,10-11,15-16,18-21,33-36H,5,9,12-14,17,22-32H2,1-4H3,(H5-,56,57,58,59,60,61,62,63,64,65,66,67,68,69,70,71,72)/p+1. The zero-order valence-corrected chi connectivity index (χ0v) is 49.0. The fourth-order valence-corrected chi connectivity index (χ4v) is 13.8. The number of allylic oxidation sites excluding steroid dienone is 8. The molecule has 0 amide bonds. The fraction of sp³-hybridized carbons (Fsp3) is 0.434. The fourth-order valence-electron chi connectivity index (χ4n) is 10.6. The molecule has 0 aromatic heterocycles. The molecule has 444 valence electrons. The van der Waals surface area contributed by atoms with Gasteiger partial charge in [-0.15, -0.1) is 0 Å². The lowest BCUT2D eigenvalue weighted by atomic mass is 9.74. The van der Waals surface area contributed by atoms with Crippen molar-refractivity contribution in [2.45, 2.75) is 96.1 Å². The normalized spacial score (nSPS) is 18.7. The van der Waals surface area contributed by atoms with E-state index in [4.69, 9.17) is 18.9 Å². The third-order valence-corrected chi connectivity index (χ3v) is 18.4. The summed E-state index contributed by atoms with van der Waals surface area (Å²) in [5, 5.41) is 9.37. The molecule has 0 saturated heterocycles. The van der Waals surface area contributed by atoms with Gasteiger partial charge in [-0.25, -0.2) is 0 Å². The highest BCUT2D eigenvalue weighted by Crippen LogP contribution is 2.54. The lowest BCUT2D eigenvalue weighted by molar-refractivity contribution is -0.433. The minimum Gasteiger partial charge on any atom is -0.481 e. The second kappa shape index (κ2) is 26.5. The molecule has 6 rings (SSSR count). The quantitative estimate of drug-likeness (QED) is 0.0127. The van der Waals surface area contributed by atoms with Crippen LogP contribution < -0.4 is 4.90 Å². The van der Waals surface area contributed by atoms with Gasteiger partial charge in [0.25, 0.3) is 50.6 Å². The van der Waals surface area contributed by atoms with Gasteiger partial charge in [0, 0.05) is 72.0 Å². The smallest absolute Gasteiger partial charge is 0.303 e. The number of carboxylic acid groups (broad SMARTS) is 1. The Bertz CT molecular complexity index is 3780. The number of aliphatic carboxylic acids is 1. The van der Waals surface area contributed by atoms with E-state index in [1.807, 2.05) is 23.3 Å². The maximum atomic E-state index is 12.9. The Morgan fingerprint density at radius 1 is 0.593 bits per heavy atom. The third kappa shape index (κ3) is 15.7. The molecule has 0 bridgehead atoms. The summed E-state index contributed by atoms with van der Waals surface area (Å²) in [5.74, 6) is -1.60. The second-order valence-corrected chi connectivity index (χ2v) is 26.8. The van der Waals surface area contributed by atoms with Gasteiger partial charge in [-0.2, -0.15) is 46.7 Å².